The molecule has 1 aliphatic heterocycles. The molecule has 5 rings (SSSR count). The topological polar surface area (TPSA) is 93.8 Å². The van der Waals surface area contributed by atoms with Crippen molar-refractivity contribution in [3.05, 3.63) is 0 Å². The molecule has 21 heavy (non-hydrogen) atoms. The number of nitrogens with one attached hydrogen (secondary N) is 1. The maximum Gasteiger partial charge on any atom is 0.244 e. The maximum atomic E-state index is 12.2. The normalized spacial score (nSPS) is 50.6. The summed E-state index contributed by atoms with van der Waals surface area (Å²) in [5, 5.41) is 21.4. The fraction of sp³-hybridized carbons (Fsp3) is 0.750. The first-order valence-electron chi connectivity index (χ1n) is 7.75. The summed E-state index contributed by atoms with van der Waals surface area (Å²) in [5.74, 6) is -0.988. The van der Waals surface area contributed by atoms with E-state index in [1.807, 2.05) is 0 Å². The molecule has 1 heterocycles. The lowest BCUT2D eigenvalue weighted by Crippen LogP contribution is -2.67. The second-order valence-corrected chi connectivity index (χ2v) is 7.28. The van der Waals surface area contributed by atoms with Gasteiger partial charge in [0.1, 0.15) is 11.8 Å². The highest BCUT2D eigenvalue weighted by molar-refractivity contribution is 6.03. The predicted molar refractivity (Wildman–Crippen MR) is 70.8 cm³/mol. The van der Waals surface area contributed by atoms with E-state index in [0.29, 0.717) is 11.8 Å². The van der Waals surface area contributed by atoms with E-state index in [-0.39, 0.29) is 11.8 Å². The molecular formula is C16H17N3O2. The number of carbonyl (C=O) groups is 2. The van der Waals surface area contributed by atoms with Gasteiger partial charge >= 0.3 is 0 Å². The highest BCUT2D eigenvalue weighted by atomic mass is 16.2. The van der Waals surface area contributed by atoms with Gasteiger partial charge in [-0.3, -0.25) is 14.9 Å². The van der Waals surface area contributed by atoms with Gasteiger partial charge in [-0.2, -0.15) is 10.5 Å². The van der Waals surface area contributed by atoms with Crippen molar-refractivity contribution in [2.75, 3.05) is 0 Å². The Bertz CT molecular complexity index is 550. The Morgan fingerprint density at radius 2 is 1.29 bits per heavy atom. The van der Waals surface area contributed by atoms with Crippen molar-refractivity contribution in [2.24, 2.45) is 40.9 Å². The minimum Gasteiger partial charge on any atom is -0.294 e. The molecule has 5 heteroatoms. The molecule has 4 bridgehead atoms. The minimum absolute atomic E-state index is 0.179. The number of piperidine rings is 1. The van der Waals surface area contributed by atoms with E-state index in [1.54, 1.807) is 0 Å². The first-order valence-corrected chi connectivity index (χ1v) is 7.75. The summed E-state index contributed by atoms with van der Waals surface area (Å²) in [7, 11) is 0. The van der Waals surface area contributed by atoms with Crippen LogP contribution in [0, 0.1) is 63.6 Å². The third-order valence-electron chi connectivity index (χ3n) is 6.58. The van der Waals surface area contributed by atoms with Crippen LogP contribution in [0.3, 0.4) is 0 Å². The standard InChI is InChI=1S/C16H17N3O2/c17-6-12-14(20)19-15(21)13(7-18)16(12)10-2-8-1-9(4-10)5-11(16)3-8/h8-13H,1-5H2,(H,19,20,21). The third kappa shape index (κ3) is 1.39. The number of imide groups is 1. The molecule has 4 saturated carbocycles. The van der Waals surface area contributed by atoms with Crippen LogP contribution in [0.2, 0.25) is 0 Å². The van der Waals surface area contributed by atoms with Crippen LogP contribution in [0.4, 0.5) is 0 Å². The Morgan fingerprint density at radius 1 is 0.857 bits per heavy atom. The zero-order chi connectivity index (χ0) is 14.8. The molecule has 2 unspecified atom stereocenters. The van der Waals surface area contributed by atoms with E-state index >= 15 is 0 Å². The Labute approximate surface area is 123 Å². The first kappa shape index (κ1) is 12.8. The molecule has 0 aromatic carbocycles. The summed E-state index contributed by atoms with van der Waals surface area (Å²) in [6.45, 7) is 0. The molecule has 2 atom stereocenters. The van der Waals surface area contributed by atoms with E-state index in [1.165, 1.54) is 6.42 Å². The SMILES string of the molecule is N#CC1C(=O)NC(=O)C(C#N)C12C1CC3CC(C1)CC2C3. The van der Waals surface area contributed by atoms with Gasteiger partial charge < -0.3 is 0 Å². The molecule has 5 aliphatic rings. The Kier molecular flexibility index (Phi) is 2.49. The highest BCUT2D eigenvalue weighted by Gasteiger charge is 2.68. The molecule has 108 valence electrons. The minimum atomic E-state index is -0.852. The number of amides is 2. The molecule has 2 amide bonds. The summed E-state index contributed by atoms with van der Waals surface area (Å²) in [4.78, 5) is 24.5. The number of carbonyl (C=O) groups excluding carboxylic acids is 2. The zero-order valence-corrected chi connectivity index (χ0v) is 11.7. The van der Waals surface area contributed by atoms with Gasteiger partial charge in [-0.15, -0.1) is 0 Å². The van der Waals surface area contributed by atoms with Crippen molar-refractivity contribution >= 4 is 11.8 Å². The Morgan fingerprint density at radius 3 is 1.67 bits per heavy atom. The number of nitrogens with zero attached hydrogens (tertiary/aromatic N) is 2. The van der Waals surface area contributed by atoms with E-state index in [2.05, 4.69) is 17.5 Å². The third-order valence-corrected chi connectivity index (χ3v) is 6.58. The number of hydrogen-bond donors (Lipinski definition) is 1. The molecule has 4 aliphatic carbocycles. The van der Waals surface area contributed by atoms with Gasteiger partial charge in [0.05, 0.1) is 12.1 Å². The van der Waals surface area contributed by atoms with Gasteiger partial charge in [-0.25, -0.2) is 0 Å². The van der Waals surface area contributed by atoms with Crippen molar-refractivity contribution in [2.45, 2.75) is 32.1 Å². The van der Waals surface area contributed by atoms with E-state index in [9.17, 15) is 20.1 Å². The van der Waals surface area contributed by atoms with E-state index < -0.39 is 29.1 Å². The molecule has 5 fully saturated rings. The second-order valence-electron chi connectivity index (χ2n) is 7.28. The van der Waals surface area contributed by atoms with Crippen LogP contribution in [0.5, 0.6) is 0 Å². The van der Waals surface area contributed by atoms with Crippen molar-refractivity contribution < 1.29 is 9.59 Å². The number of hydrogen-bond acceptors (Lipinski definition) is 4. The van der Waals surface area contributed by atoms with Crippen molar-refractivity contribution in [3.8, 4) is 12.1 Å². The van der Waals surface area contributed by atoms with E-state index in [0.717, 1.165) is 25.7 Å². The van der Waals surface area contributed by atoms with Crippen LogP contribution in [-0.4, -0.2) is 11.8 Å². The van der Waals surface area contributed by atoms with Crippen LogP contribution in [0.15, 0.2) is 0 Å². The Balaban J connectivity index is 1.89. The Hall–Kier alpha value is -1.88. The lowest BCUT2D eigenvalue weighted by Gasteiger charge is -2.64. The second kappa shape index (κ2) is 4.07. The highest BCUT2D eigenvalue weighted by Crippen LogP contribution is 2.67. The van der Waals surface area contributed by atoms with Crippen molar-refractivity contribution in [1.82, 2.24) is 5.32 Å². The summed E-state index contributed by atoms with van der Waals surface area (Å²) < 4.78 is 0. The van der Waals surface area contributed by atoms with Crippen LogP contribution < -0.4 is 5.32 Å². The van der Waals surface area contributed by atoms with Gasteiger partial charge in [0.2, 0.25) is 11.8 Å². The van der Waals surface area contributed by atoms with Crippen molar-refractivity contribution in [3.63, 3.8) is 0 Å². The average molecular weight is 283 g/mol. The van der Waals surface area contributed by atoms with Crippen LogP contribution in [-0.2, 0) is 9.59 Å². The summed E-state index contributed by atoms with van der Waals surface area (Å²) >= 11 is 0. The lowest BCUT2D eigenvalue weighted by atomic mass is 9.39. The van der Waals surface area contributed by atoms with Gasteiger partial charge in [0.15, 0.2) is 0 Å². The average Bonchev–Trinajstić information content (AvgIpc) is 2.43. The predicted octanol–water partition coefficient (Wildman–Crippen LogP) is 1.36. The molecule has 1 N–H and O–H groups in total. The first-order chi connectivity index (χ1) is 10.1. The smallest absolute Gasteiger partial charge is 0.244 e. The van der Waals surface area contributed by atoms with Crippen LogP contribution in [0.1, 0.15) is 32.1 Å². The van der Waals surface area contributed by atoms with Gasteiger partial charge in [0, 0.05) is 5.41 Å². The summed E-state index contributed by atoms with van der Waals surface area (Å²) in [5.41, 5.74) is -0.726. The largest absolute Gasteiger partial charge is 0.294 e. The molecule has 0 radical (unpaired) electrons. The van der Waals surface area contributed by atoms with Crippen LogP contribution in [0.25, 0.3) is 0 Å². The fourth-order valence-corrected chi connectivity index (χ4v) is 6.17. The fourth-order valence-electron chi connectivity index (χ4n) is 6.17. The van der Waals surface area contributed by atoms with Gasteiger partial charge in [-0.05, 0) is 55.8 Å². The molecule has 0 aromatic rings. The molecule has 1 spiro atoms. The zero-order valence-electron chi connectivity index (χ0n) is 11.7. The number of nitriles is 2. The van der Waals surface area contributed by atoms with Gasteiger partial charge in [0.25, 0.3) is 0 Å². The van der Waals surface area contributed by atoms with Gasteiger partial charge in [-0.1, -0.05) is 0 Å². The monoisotopic (exact) mass is 283 g/mol. The summed E-state index contributed by atoms with van der Waals surface area (Å²) in [6, 6.07) is 4.28. The quantitative estimate of drug-likeness (QED) is 0.679. The molecular weight excluding hydrogens is 266 g/mol. The molecule has 0 aromatic heterocycles. The van der Waals surface area contributed by atoms with Crippen molar-refractivity contribution in [1.29, 1.82) is 10.5 Å². The summed E-state index contributed by atoms with van der Waals surface area (Å²) in [6.07, 6.45) is 5.15. The maximum absolute atomic E-state index is 12.2. The van der Waals surface area contributed by atoms with Crippen LogP contribution >= 0.6 is 0 Å². The lowest BCUT2D eigenvalue weighted by molar-refractivity contribution is -0.180. The number of rotatable bonds is 0. The molecule has 5 nitrogen and oxygen atoms in total. The van der Waals surface area contributed by atoms with E-state index in [4.69, 9.17) is 0 Å². The molecule has 1 saturated heterocycles.